The highest BCUT2D eigenvalue weighted by atomic mass is 16.5. The minimum Gasteiger partial charge on any atom is -0.493 e. The summed E-state index contributed by atoms with van der Waals surface area (Å²) in [5.41, 5.74) is 3.59. The van der Waals surface area contributed by atoms with Crippen LogP contribution in [0.5, 0.6) is 11.5 Å². The zero-order chi connectivity index (χ0) is 21.0. The van der Waals surface area contributed by atoms with E-state index in [2.05, 4.69) is 5.32 Å². The number of hydrogen-bond acceptors (Lipinski definition) is 5. The number of ether oxygens (including phenoxy) is 3. The number of methoxy groups -OCH3 is 3. The van der Waals surface area contributed by atoms with Crippen molar-refractivity contribution in [3.05, 3.63) is 53.1 Å². The number of hydrogen-bond donors (Lipinski definition) is 1. The lowest BCUT2D eigenvalue weighted by Crippen LogP contribution is -2.43. The van der Waals surface area contributed by atoms with Crippen LogP contribution in [0.15, 0.2) is 36.4 Å². The summed E-state index contributed by atoms with van der Waals surface area (Å²) < 4.78 is 15.7. The fourth-order valence-electron chi connectivity index (χ4n) is 3.63. The summed E-state index contributed by atoms with van der Waals surface area (Å²) in [6, 6.07) is 10.6. The molecule has 1 aliphatic rings. The van der Waals surface area contributed by atoms with Gasteiger partial charge >= 0.3 is 12.0 Å². The number of rotatable bonds is 5. The molecule has 0 spiro atoms. The summed E-state index contributed by atoms with van der Waals surface area (Å²) in [6.07, 6.45) is 0.703. The van der Waals surface area contributed by atoms with Crippen molar-refractivity contribution in [1.82, 2.24) is 4.90 Å². The standard InChI is InChI=1S/C22H26N2O5/c1-14-7-5-6-8-17(14)23-22(26)24-10-9-15-11-19(27-2)20(28-3)12-16(15)18(24)13-21(25)29-4/h5-8,11-12,18H,9-10,13H2,1-4H3,(H,23,26)/t18-/m1/s1. The molecule has 1 heterocycles. The Bertz CT molecular complexity index is 912. The maximum Gasteiger partial charge on any atom is 0.322 e. The number of nitrogens with one attached hydrogen (secondary N) is 1. The van der Waals surface area contributed by atoms with Crippen LogP contribution in [0.1, 0.15) is 29.2 Å². The quantitative estimate of drug-likeness (QED) is 0.777. The zero-order valence-corrected chi connectivity index (χ0v) is 17.2. The highest BCUT2D eigenvalue weighted by Gasteiger charge is 2.34. The molecular formula is C22H26N2O5. The van der Waals surface area contributed by atoms with Crippen molar-refractivity contribution in [2.24, 2.45) is 0 Å². The number of anilines is 1. The van der Waals surface area contributed by atoms with Gasteiger partial charge in [0, 0.05) is 12.2 Å². The molecule has 1 N–H and O–H groups in total. The molecule has 0 aromatic heterocycles. The van der Waals surface area contributed by atoms with E-state index in [0.29, 0.717) is 24.5 Å². The minimum absolute atomic E-state index is 0.0557. The normalized spacial score (nSPS) is 15.3. The van der Waals surface area contributed by atoms with Crippen molar-refractivity contribution in [2.45, 2.75) is 25.8 Å². The smallest absolute Gasteiger partial charge is 0.322 e. The lowest BCUT2D eigenvalue weighted by molar-refractivity contribution is -0.141. The Morgan fingerprint density at radius 1 is 1.10 bits per heavy atom. The first kappa shape index (κ1) is 20.5. The van der Waals surface area contributed by atoms with E-state index in [1.165, 1.54) is 7.11 Å². The van der Waals surface area contributed by atoms with Crippen LogP contribution in [0.3, 0.4) is 0 Å². The number of carbonyl (C=O) groups is 2. The predicted molar refractivity (Wildman–Crippen MR) is 110 cm³/mol. The fraction of sp³-hybridized carbons (Fsp3) is 0.364. The van der Waals surface area contributed by atoms with Gasteiger partial charge < -0.3 is 24.4 Å². The van der Waals surface area contributed by atoms with Gasteiger partial charge in [-0.15, -0.1) is 0 Å². The number of urea groups is 1. The Morgan fingerprint density at radius 2 is 1.79 bits per heavy atom. The monoisotopic (exact) mass is 398 g/mol. The maximum atomic E-state index is 13.1. The molecule has 29 heavy (non-hydrogen) atoms. The van der Waals surface area contributed by atoms with Gasteiger partial charge in [0.15, 0.2) is 11.5 Å². The van der Waals surface area contributed by atoms with Crippen LogP contribution in [-0.4, -0.2) is 44.8 Å². The predicted octanol–water partition coefficient (Wildman–Crippen LogP) is 3.71. The van der Waals surface area contributed by atoms with E-state index >= 15 is 0 Å². The first-order valence-electron chi connectivity index (χ1n) is 9.43. The van der Waals surface area contributed by atoms with Gasteiger partial charge in [-0.05, 0) is 48.2 Å². The second-order valence-corrected chi connectivity index (χ2v) is 6.89. The Hall–Kier alpha value is -3.22. The van der Waals surface area contributed by atoms with Gasteiger partial charge in [0.05, 0.1) is 33.8 Å². The van der Waals surface area contributed by atoms with Crippen LogP contribution in [0.25, 0.3) is 0 Å². The number of nitrogens with zero attached hydrogens (tertiary/aromatic N) is 1. The molecule has 2 aromatic carbocycles. The Labute approximate surface area is 170 Å². The molecule has 0 aliphatic carbocycles. The van der Waals surface area contributed by atoms with Gasteiger partial charge in [-0.25, -0.2) is 4.79 Å². The van der Waals surface area contributed by atoms with Crippen molar-refractivity contribution in [3.8, 4) is 11.5 Å². The maximum absolute atomic E-state index is 13.1. The topological polar surface area (TPSA) is 77.1 Å². The second-order valence-electron chi connectivity index (χ2n) is 6.89. The van der Waals surface area contributed by atoms with E-state index in [-0.39, 0.29) is 18.4 Å². The lowest BCUT2D eigenvalue weighted by atomic mass is 9.90. The molecular weight excluding hydrogens is 372 g/mol. The van der Waals surface area contributed by atoms with Gasteiger partial charge in [0.1, 0.15) is 0 Å². The second kappa shape index (κ2) is 8.86. The molecule has 0 bridgehead atoms. The first-order valence-corrected chi connectivity index (χ1v) is 9.43. The molecule has 0 radical (unpaired) electrons. The van der Waals surface area contributed by atoms with Crippen molar-refractivity contribution >= 4 is 17.7 Å². The average Bonchev–Trinajstić information content (AvgIpc) is 2.74. The van der Waals surface area contributed by atoms with Crippen LogP contribution in [0.4, 0.5) is 10.5 Å². The van der Waals surface area contributed by atoms with Gasteiger partial charge in [0.25, 0.3) is 0 Å². The third kappa shape index (κ3) is 4.29. The van der Waals surface area contributed by atoms with Crippen molar-refractivity contribution < 1.29 is 23.8 Å². The fourth-order valence-corrected chi connectivity index (χ4v) is 3.63. The summed E-state index contributed by atoms with van der Waals surface area (Å²) in [4.78, 5) is 26.9. The molecule has 2 amide bonds. The Morgan fingerprint density at radius 3 is 2.45 bits per heavy atom. The van der Waals surface area contributed by atoms with Gasteiger partial charge in [-0.3, -0.25) is 4.79 Å². The molecule has 7 heteroatoms. The molecule has 0 fully saturated rings. The van der Waals surface area contributed by atoms with Crippen molar-refractivity contribution in [2.75, 3.05) is 33.2 Å². The third-order valence-electron chi connectivity index (χ3n) is 5.24. The van der Waals surface area contributed by atoms with Gasteiger partial charge in [-0.1, -0.05) is 18.2 Å². The molecule has 0 unspecified atom stereocenters. The summed E-state index contributed by atoms with van der Waals surface area (Å²) in [5.74, 6) is 0.800. The molecule has 1 aliphatic heterocycles. The molecule has 1 atom stereocenters. The molecule has 3 rings (SSSR count). The lowest BCUT2D eigenvalue weighted by Gasteiger charge is -2.37. The van der Waals surface area contributed by atoms with Crippen molar-refractivity contribution in [1.29, 1.82) is 0 Å². The SMILES string of the molecule is COC(=O)C[C@@H]1c2cc(OC)c(OC)cc2CCN1C(=O)Nc1ccccc1C. The van der Waals surface area contributed by atoms with Gasteiger partial charge in [-0.2, -0.15) is 0 Å². The van der Waals surface area contributed by atoms with E-state index in [4.69, 9.17) is 14.2 Å². The van der Waals surface area contributed by atoms with Crippen LogP contribution in [-0.2, 0) is 16.0 Å². The van der Waals surface area contributed by atoms with Crippen molar-refractivity contribution in [3.63, 3.8) is 0 Å². The third-order valence-corrected chi connectivity index (χ3v) is 5.24. The zero-order valence-electron chi connectivity index (χ0n) is 17.2. The average molecular weight is 398 g/mol. The number of amides is 2. The minimum atomic E-state index is -0.463. The highest BCUT2D eigenvalue weighted by molar-refractivity contribution is 5.91. The van der Waals surface area contributed by atoms with E-state index in [1.807, 2.05) is 43.3 Å². The number of benzene rings is 2. The largest absolute Gasteiger partial charge is 0.493 e. The molecule has 2 aromatic rings. The number of esters is 1. The molecule has 0 saturated carbocycles. The van der Waals surface area contributed by atoms with Crippen LogP contribution < -0.4 is 14.8 Å². The summed E-state index contributed by atoms with van der Waals surface area (Å²) in [6.45, 7) is 2.41. The van der Waals surface area contributed by atoms with Gasteiger partial charge in [0.2, 0.25) is 0 Å². The number of fused-ring (bicyclic) bond motifs is 1. The van der Waals surface area contributed by atoms with Crippen LogP contribution in [0, 0.1) is 6.92 Å². The molecule has 0 saturated heterocycles. The van der Waals surface area contributed by atoms with E-state index < -0.39 is 6.04 Å². The van der Waals surface area contributed by atoms with E-state index in [9.17, 15) is 9.59 Å². The summed E-state index contributed by atoms with van der Waals surface area (Å²) >= 11 is 0. The molecule has 154 valence electrons. The number of aryl methyl sites for hydroxylation is 1. The van der Waals surface area contributed by atoms with E-state index in [1.54, 1.807) is 19.1 Å². The molecule has 7 nitrogen and oxygen atoms in total. The Kier molecular flexibility index (Phi) is 6.26. The first-order chi connectivity index (χ1) is 14.0. The summed E-state index contributed by atoms with van der Waals surface area (Å²) in [5, 5.41) is 2.96. The highest BCUT2D eigenvalue weighted by Crippen LogP contribution is 2.39. The van der Waals surface area contributed by atoms with E-state index in [0.717, 1.165) is 22.4 Å². The number of carbonyl (C=O) groups excluding carboxylic acids is 2. The van der Waals surface area contributed by atoms with Crippen LogP contribution >= 0.6 is 0 Å². The van der Waals surface area contributed by atoms with Crippen LogP contribution in [0.2, 0.25) is 0 Å². The summed E-state index contributed by atoms with van der Waals surface area (Å²) in [7, 11) is 4.49. The number of para-hydroxylation sites is 1. The Balaban J connectivity index is 1.96.